The Morgan fingerprint density at radius 2 is 2.22 bits per heavy atom. The van der Waals surface area contributed by atoms with Crippen molar-refractivity contribution in [2.75, 3.05) is 20.1 Å². The molecule has 0 saturated heterocycles. The number of hydrogen-bond donors (Lipinski definition) is 2. The van der Waals surface area contributed by atoms with Gasteiger partial charge in [0, 0.05) is 19.5 Å². The summed E-state index contributed by atoms with van der Waals surface area (Å²) >= 11 is 0. The van der Waals surface area contributed by atoms with Crippen LogP contribution in [0.3, 0.4) is 0 Å². The average molecular weight is 251 g/mol. The molecule has 0 spiro atoms. The molecule has 2 amide bonds. The van der Waals surface area contributed by atoms with Crippen LogP contribution in [-0.4, -0.2) is 52.0 Å². The molecular weight excluding hydrogens is 234 g/mol. The van der Waals surface area contributed by atoms with Gasteiger partial charge in [0.25, 0.3) is 5.91 Å². The third-order valence-corrected chi connectivity index (χ3v) is 2.97. The third kappa shape index (κ3) is 2.85. The van der Waals surface area contributed by atoms with Crippen LogP contribution in [-0.2, 0) is 4.79 Å². The zero-order valence-electron chi connectivity index (χ0n) is 10.6. The Kier molecular flexibility index (Phi) is 3.59. The molecule has 2 rings (SSSR count). The van der Waals surface area contributed by atoms with Gasteiger partial charge in [-0.1, -0.05) is 0 Å². The minimum Gasteiger partial charge on any atom is -0.345 e. The number of amides is 2. The van der Waals surface area contributed by atoms with Crippen LogP contribution in [0.25, 0.3) is 0 Å². The van der Waals surface area contributed by atoms with Gasteiger partial charge in [-0.3, -0.25) is 14.7 Å². The lowest BCUT2D eigenvalue weighted by atomic mass is 10.4. The van der Waals surface area contributed by atoms with E-state index in [2.05, 4.69) is 20.5 Å². The average Bonchev–Trinajstić information content (AvgIpc) is 3.12. The van der Waals surface area contributed by atoms with Crippen molar-refractivity contribution in [2.24, 2.45) is 0 Å². The first kappa shape index (κ1) is 12.5. The number of likely N-dealkylation sites (N-methyl/N-ethyl adjacent to an activating group) is 1. The quantitative estimate of drug-likeness (QED) is 0.764. The van der Waals surface area contributed by atoms with Crippen LogP contribution in [0, 0.1) is 0 Å². The van der Waals surface area contributed by atoms with Gasteiger partial charge in [0.2, 0.25) is 11.7 Å². The van der Waals surface area contributed by atoms with E-state index in [0.29, 0.717) is 12.5 Å². The number of carbonyl (C=O) groups is 2. The fourth-order valence-corrected chi connectivity index (χ4v) is 1.46. The molecule has 0 aromatic carbocycles. The van der Waals surface area contributed by atoms with Gasteiger partial charge in [-0.25, -0.2) is 4.98 Å². The summed E-state index contributed by atoms with van der Waals surface area (Å²) in [6.45, 7) is 2.45. The highest BCUT2D eigenvalue weighted by atomic mass is 16.2. The number of aromatic nitrogens is 3. The number of rotatable bonds is 5. The lowest BCUT2D eigenvalue weighted by molar-refractivity contribution is -0.128. The number of H-pyrrole nitrogens is 1. The third-order valence-electron chi connectivity index (χ3n) is 2.97. The summed E-state index contributed by atoms with van der Waals surface area (Å²) in [6, 6.07) is 0. The van der Waals surface area contributed by atoms with Crippen molar-refractivity contribution in [3.63, 3.8) is 0 Å². The highest BCUT2D eigenvalue weighted by Gasteiger charge is 2.28. The van der Waals surface area contributed by atoms with Crippen LogP contribution in [0.15, 0.2) is 0 Å². The highest BCUT2D eigenvalue weighted by molar-refractivity contribution is 5.93. The van der Waals surface area contributed by atoms with Crippen LogP contribution < -0.4 is 5.32 Å². The van der Waals surface area contributed by atoms with Crippen molar-refractivity contribution in [1.82, 2.24) is 25.4 Å². The predicted octanol–water partition coefficient (Wildman–Crippen LogP) is -0.110. The minimum absolute atomic E-state index is 0.0313. The maximum atomic E-state index is 11.7. The van der Waals surface area contributed by atoms with E-state index in [1.807, 2.05) is 6.92 Å². The number of carbonyl (C=O) groups excluding carboxylic acids is 2. The maximum Gasteiger partial charge on any atom is 0.291 e. The molecule has 0 unspecified atom stereocenters. The molecule has 1 aromatic rings. The molecule has 0 bridgehead atoms. The monoisotopic (exact) mass is 251 g/mol. The van der Waals surface area contributed by atoms with Crippen LogP contribution in [0.4, 0.5) is 0 Å². The van der Waals surface area contributed by atoms with Crippen molar-refractivity contribution in [3.05, 3.63) is 11.6 Å². The number of nitrogens with zero attached hydrogens (tertiary/aromatic N) is 3. The second-order valence-corrected chi connectivity index (χ2v) is 4.41. The van der Waals surface area contributed by atoms with Gasteiger partial charge in [-0.15, -0.1) is 5.10 Å². The van der Waals surface area contributed by atoms with Crippen LogP contribution in [0.5, 0.6) is 0 Å². The Hall–Kier alpha value is -1.92. The van der Waals surface area contributed by atoms with Crippen molar-refractivity contribution in [2.45, 2.75) is 25.7 Å². The second-order valence-electron chi connectivity index (χ2n) is 4.41. The first-order valence-electron chi connectivity index (χ1n) is 6.06. The van der Waals surface area contributed by atoms with E-state index >= 15 is 0 Å². The molecular formula is C11H17N5O2. The smallest absolute Gasteiger partial charge is 0.291 e. The Morgan fingerprint density at radius 3 is 2.83 bits per heavy atom. The van der Waals surface area contributed by atoms with Gasteiger partial charge >= 0.3 is 0 Å². The van der Waals surface area contributed by atoms with Crippen LogP contribution in [0.1, 0.15) is 42.1 Å². The predicted molar refractivity (Wildman–Crippen MR) is 64.0 cm³/mol. The van der Waals surface area contributed by atoms with Gasteiger partial charge in [0.1, 0.15) is 5.82 Å². The van der Waals surface area contributed by atoms with E-state index in [1.165, 1.54) is 4.90 Å². The Balaban J connectivity index is 1.85. The maximum absolute atomic E-state index is 11.7. The fraction of sp³-hybridized carbons (Fsp3) is 0.636. The molecule has 1 aliphatic carbocycles. The molecule has 0 atom stereocenters. The van der Waals surface area contributed by atoms with Gasteiger partial charge in [0.15, 0.2) is 0 Å². The Labute approximate surface area is 105 Å². The fourth-order valence-electron chi connectivity index (χ4n) is 1.46. The molecule has 7 nitrogen and oxygen atoms in total. The summed E-state index contributed by atoms with van der Waals surface area (Å²) in [6.07, 6.45) is 2.19. The summed E-state index contributed by atoms with van der Waals surface area (Å²) in [5.41, 5.74) is 0. The normalized spacial score (nSPS) is 14.3. The first-order valence-corrected chi connectivity index (χ1v) is 6.06. The molecule has 0 aliphatic heterocycles. The Morgan fingerprint density at radius 1 is 1.50 bits per heavy atom. The zero-order chi connectivity index (χ0) is 13.1. The lowest BCUT2D eigenvalue weighted by Crippen LogP contribution is -2.38. The highest BCUT2D eigenvalue weighted by Crippen LogP contribution is 2.37. The molecule has 2 N–H and O–H groups in total. The van der Waals surface area contributed by atoms with Gasteiger partial charge in [-0.2, -0.15) is 0 Å². The van der Waals surface area contributed by atoms with Crippen LogP contribution >= 0.6 is 0 Å². The van der Waals surface area contributed by atoms with E-state index < -0.39 is 5.91 Å². The first-order chi connectivity index (χ1) is 8.61. The van der Waals surface area contributed by atoms with Crippen molar-refractivity contribution in [1.29, 1.82) is 0 Å². The van der Waals surface area contributed by atoms with E-state index in [1.54, 1.807) is 7.05 Å². The molecule has 98 valence electrons. The standard InChI is InChI=1S/C11H17N5O2/c1-3-16(2)8(17)6-12-11(18)10-13-9(14-15-10)7-4-5-7/h7H,3-6H2,1-2H3,(H,12,18)(H,13,14,15). The number of aromatic amines is 1. The van der Waals surface area contributed by atoms with E-state index in [-0.39, 0.29) is 18.3 Å². The molecule has 1 fully saturated rings. The topological polar surface area (TPSA) is 91.0 Å². The summed E-state index contributed by atoms with van der Waals surface area (Å²) < 4.78 is 0. The molecule has 1 heterocycles. The molecule has 18 heavy (non-hydrogen) atoms. The molecule has 1 aromatic heterocycles. The van der Waals surface area contributed by atoms with E-state index in [9.17, 15) is 9.59 Å². The molecule has 0 radical (unpaired) electrons. The minimum atomic E-state index is -0.420. The summed E-state index contributed by atoms with van der Waals surface area (Å²) in [5, 5.41) is 9.11. The van der Waals surface area contributed by atoms with Gasteiger partial charge < -0.3 is 10.2 Å². The summed E-state index contributed by atoms with van der Waals surface area (Å²) in [7, 11) is 1.69. The largest absolute Gasteiger partial charge is 0.345 e. The number of hydrogen-bond acceptors (Lipinski definition) is 4. The van der Waals surface area contributed by atoms with Crippen molar-refractivity contribution in [3.8, 4) is 0 Å². The lowest BCUT2D eigenvalue weighted by Gasteiger charge is -2.14. The Bertz CT molecular complexity index is 452. The molecule has 1 saturated carbocycles. The van der Waals surface area contributed by atoms with E-state index in [4.69, 9.17) is 0 Å². The van der Waals surface area contributed by atoms with Crippen molar-refractivity contribution >= 4 is 11.8 Å². The number of nitrogens with one attached hydrogen (secondary N) is 2. The summed E-state index contributed by atoms with van der Waals surface area (Å²) in [5.74, 6) is 0.729. The van der Waals surface area contributed by atoms with Crippen LogP contribution in [0.2, 0.25) is 0 Å². The molecule has 1 aliphatic rings. The molecule has 7 heteroatoms. The SMILES string of the molecule is CCN(C)C(=O)CNC(=O)c1n[nH]c(C2CC2)n1. The van der Waals surface area contributed by atoms with Gasteiger partial charge in [-0.05, 0) is 19.8 Å². The van der Waals surface area contributed by atoms with E-state index in [0.717, 1.165) is 18.7 Å². The van der Waals surface area contributed by atoms with Crippen molar-refractivity contribution < 1.29 is 9.59 Å². The summed E-state index contributed by atoms with van der Waals surface area (Å²) in [4.78, 5) is 28.8. The second kappa shape index (κ2) is 5.16. The van der Waals surface area contributed by atoms with Gasteiger partial charge in [0.05, 0.1) is 6.54 Å². The zero-order valence-corrected chi connectivity index (χ0v) is 10.6.